The maximum Gasteiger partial charge on any atom is 0.240 e. The molecule has 0 spiro atoms. The quantitative estimate of drug-likeness (QED) is 0.849. The van der Waals surface area contributed by atoms with Crippen molar-refractivity contribution >= 4 is 15.7 Å². The zero-order chi connectivity index (χ0) is 16.5. The summed E-state index contributed by atoms with van der Waals surface area (Å²) in [6.45, 7) is 2.00. The predicted molar refractivity (Wildman–Crippen MR) is 80.8 cm³/mol. The van der Waals surface area contributed by atoms with Crippen LogP contribution in [0.3, 0.4) is 0 Å². The molecule has 1 fully saturated rings. The summed E-state index contributed by atoms with van der Waals surface area (Å²) in [5, 5.41) is 14.8. The van der Waals surface area contributed by atoms with Crippen molar-refractivity contribution < 1.29 is 22.7 Å². The number of primary sulfonamides is 1. The summed E-state index contributed by atoms with van der Waals surface area (Å²) in [6.07, 6.45) is 1.26. The lowest BCUT2D eigenvalue weighted by Gasteiger charge is -2.42. The molecule has 1 atom stereocenters. The van der Waals surface area contributed by atoms with Crippen LogP contribution in [0.2, 0.25) is 0 Å². The largest absolute Gasteiger partial charge is 0.393 e. The van der Waals surface area contributed by atoms with Crippen LogP contribution in [-0.2, 0) is 14.8 Å². The lowest BCUT2D eigenvalue weighted by Crippen LogP contribution is -2.52. The van der Waals surface area contributed by atoms with Crippen molar-refractivity contribution in [3.63, 3.8) is 0 Å². The Bertz CT molecular complexity index is 659. The molecule has 0 aliphatic carbocycles. The van der Waals surface area contributed by atoms with Crippen molar-refractivity contribution in [1.29, 1.82) is 0 Å². The fourth-order valence-electron chi connectivity index (χ4n) is 2.82. The number of sulfonamides is 1. The zero-order valence-corrected chi connectivity index (χ0v) is 13.5. The van der Waals surface area contributed by atoms with Gasteiger partial charge in [0.2, 0.25) is 10.0 Å². The molecule has 1 saturated heterocycles. The Morgan fingerprint density at radius 3 is 2.73 bits per heavy atom. The van der Waals surface area contributed by atoms with E-state index >= 15 is 0 Å². The van der Waals surface area contributed by atoms with Gasteiger partial charge in [0.25, 0.3) is 0 Å². The second kappa shape index (κ2) is 6.11. The molecular weight excluding hydrogens is 311 g/mol. The van der Waals surface area contributed by atoms with Gasteiger partial charge in [0, 0.05) is 20.2 Å². The van der Waals surface area contributed by atoms with Crippen LogP contribution in [0.1, 0.15) is 18.4 Å². The Morgan fingerprint density at radius 2 is 2.18 bits per heavy atom. The second-order valence-corrected chi connectivity index (χ2v) is 7.19. The average Bonchev–Trinajstić information content (AvgIpc) is 2.48. The molecule has 1 aromatic rings. The van der Waals surface area contributed by atoms with Crippen molar-refractivity contribution in [2.45, 2.75) is 30.3 Å². The van der Waals surface area contributed by atoms with Gasteiger partial charge in [0.1, 0.15) is 10.5 Å². The van der Waals surface area contributed by atoms with Gasteiger partial charge in [-0.25, -0.2) is 17.9 Å². The number of aliphatic hydroxyl groups is 1. The molecule has 22 heavy (non-hydrogen) atoms. The number of benzene rings is 1. The molecule has 2 rings (SSSR count). The molecule has 124 valence electrons. The number of ether oxygens (including phenoxy) is 1. The third-order valence-corrected chi connectivity index (χ3v) is 5.10. The van der Waals surface area contributed by atoms with Crippen molar-refractivity contribution in [2.24, 2.45) is 5.14 Å². The van der Waals surface area contributed by atoms with Gasteiger partial charge in [-0.05, 0) is 31.4 Å². The number of nitrogens with zero attached hydrogens (tertiary/aromatic N) is 1. The van der Waals surface area contributed by atoms with Crippen LogP contribution in [0.15, 0.2) is 17.0 Å². The monoisotopic (exact) mass is 332 g/mol. The standard InChI is InChI=1S/C14H21FN2O4S/c1-10-4-5-11(22(16,19)20)13(12(10)15)17-7-3-6-14(8-17,9-18)21-2/h4-5,18H,3,6-9H2,1-2H3,(H2,16,19,20). The molecule has 3 N–H and O–H groups in total. The van der Waals surface area contributed by atoms with Crippen LogP contribution < -0.4 is 10.0 Å². The average molecular weight is 332 g/mol. The highest BCUT2D eigenvalue weighted by Crippen LogP contribution is 2.34. The summed E-state index contributed by atoms with van der Waals surface area (Å²) >= 11 is 0. The summed E-state index contributed by atoms with van der Waals surface area (Å²) < 4.78 is 43.5. The molecule has 1 heterocycles. The first-order chi connectivity index (χ1) is 10.2. The zero-order valence-electron chi connectivity index (χ0n) is 12.7. The van der Waals surface area contributed by atoms with E-state index in [9.17, 15) is 17.9 Å². The number of rotatable bonds is 4. The molecule has 1 aromatic carbocycles. The van der Waals surface area contributed by atoms with Gasteiger partial charge in [0.15, 0.2) is 5.82 Å². The van der Waals surface area contributed by atoms with E-state index in [0.717, 1.165) is 0 Å². The number of methoxy groups -OCH3 is 1. The van der Waals surface area contributed by atoms with Crippen molar-refractivity contribution in [3.05, 3.63) is 23.5 Å². The van der Waals surface area contributed by atoms with Gasteiger partial charge in [0.05, 0.1) is 12.3 Å². The smallest absolute Gasteiger partial charge is 0.240 e. The third-order valence-electron chi connectivity index (χ3n) is 4.16. The van der Waals surface area contributed by atoms with E-state index < -0.39 is 21.4 Å². The molecule has 1 unspecified atom stereocenters. The molecule has 6 nitrogen and oxygen atoms in total. The minimum Gasteiger partial charge on any atom is -0.393 e. The fraction of sp³-hybridized carbons (Fsp3) is 0.571. The van der Waals surface area contributed by atoms with Crippen molar-refractivity contribution in [2.75, 3.05) is 31.7 Å². The highest BCUT2D eigenvalue weighted by Gasteiger charge is 2.37. The van der Waals surface area contributed by atoms with Gasteiger partial charge in [-0.15, -0.1) is 0 Å². The van der Waals surface area contributed by atoms with Crippen LogP contribution in [0.25, 0.3) is 0 Å². The van der Waals surface area contributed by atoms with Gasteiger partial charge in [-0.1, -0.05) is 6.07 Å². The van der Waals surface area contributed by atoms with Gasteiger partial charge < -0.3 is 14.7 Å². The van der Waals surface area contributed by atoms with Crippen LogP contribution in [0.4, 0.5) is 10.1 Å². The summed E-state index contributed by atoms with van der Waals surface area (Å²) in [5.74, 6) is -0.614. The molecule has 8 heteroatoms. The molecule has 0 saturated carbocycles. The lowest BCUT2D eigenvalue weighted by molar-refractivity contribution is -0.0596. The van der Waals surface area contributed by atoms with Crippen LogP contribution >= 0.6 is 0 Å². The molecule has 1 aliphatic rings. The Balaban J connectivity index is 2.54. The number of aryl methyl sites for hydroxylation is 1. The molecule has 0 radical (unpaired) electrons. The first-order valence-electron chi connectivity index (χ1n) is 6.97. The SMILES string of the molecule is COC1(CO)CCCN(c2c(S(N)(=O)=O)ccc(C)c2F)C1. The van der Waals surface area contributed by atoms with E-state index in [1.807, 2.05) is 0 Å². The van der Waals surface area contributed by atoms with Crippen molar-refractivity contribution in [1.82, 2.24) is 0 Å². The molecule has 0 aromatic heterocycles. The number of nitrogens with two attached hydrogens (primary N) is 1. The summed E-state index contributed by atoms with van der Waals surface area (Å²) in [7, 11) is -2.58. The van der Waals surface area contributed by atoms with E-state index in [2.05, 4.69) is 0 Å². The number of hydrogen-bond donors (Lipinski definition) is 2. The number of anilines is 1. The number of hydrogen-bond acceptors (Lipinski definition) is 5. The van der Waals surface area contributed by atoms with Crippen LogP contribution in [0, 0.1) is 12.7 Å². The Labute approximate surface area is 129 Å². The fourth-order valence-corrected chi connectivity index (χ4v) is 3.57. The number of piperidine rings is 1. The highest BCUT2D eigenvalue weighted by molar-refractivity contribution is 7.89. The summed E-state index contributed by atoms with van der Waals surface area (Å²) in [6, 6.07) is 2.70. The molecule has 0 amide bonds. The molecule has 1 aliphatic heterocycles. The van der Waals surface area contributed by atoms with Gasteiger partial charge in [-0.2, -0.15) is 0 Å². The first-order valence-corrected chi connectivity index (χ1v) is 8.51. The third kappa shape index (κ3) is 3.10. The van der Waals surface area contributed by atoms with Crippen molar-refractivity contribution in [3.8, 4) is 0 Å². The molecule has 0 bridgehead atoms. The topological polar surface area (TPSA) is 92.9 Å². The van der Waals surface area contributed by atoms with Crippen LogP contribution in [0.5, 0.6) is 0 Å². The Morgan fingerprint density at radius 1 is 1.50 bits per heavy atom. The van der Waals surface area contributed by atoms with E-state index in [1.54, 1.807) is 11.8 Å². The number of aliphatic hydroxyl groups excluding tert-OH is 1. The number of halogens is 1. The molecular formula is C14H21FN2O4S. The normalized spacial score (nSPS) is 22.9. The van der Waals surface area contributed by atoms with E-state index in [4.69, 9.17) is 9.88 Å². The Kier molecular flexibility index (Phi) is 4.76. The summed E-state index contributed by atoms with van der Waals surface area (Å²) in [4.78, 5) is 1.34. The van der Waals surface area contributed by atoms with E-state index in [-0.39, 0.29) is 23.7 Å². The van der Waals surface area contributed by atoms with E-state index in [0.29, 0.717) is 24.9 Å². The van der Waals surface area contributed by atoms with Gasteiger partial charge >= 0.3 is 0 Å². The highest BCUT2D eigenvalue weighted by atomic mass is 32.2. The lowest BCUT2D eigenvalue weighted by atomic mass is 9.93. The second-order valence-electron chi connectivity index (χ2n) is 5.66. The minimum atomic E-state index is -4.06. The maximum atomic E-state index is 14.6. The first kappa shape index (κ1) is 17.1. The Hall–Kier alpha value is -1.22. The maximum absolute atomic E-state index is 14.6. The van der Waals surface area contributed by atoms with Gasteiger partial charge in [-0.3, -0.25) is 0 Å². The van der Waals surface area contributed by atoms with Crippen LogP contribution in [-0.4, -0.2) is 45.9 Å². The van der Waals surface area contributed by atoms with E-state index in [1.165, 1.54) is 19.2 Å². The summed E-state index contributed by atoms with van der Waals surface area (Å²) in [5.41, 5.74) is -0.540. The minimum absolute atomic E-state index is 0.0444. The predicted octanol–water partition coefficient (Wildman–Crippen LogP) is 0.759.